The number of hydrogen-bond donors (Lipinski definition) is 3. The molecule has 0 aliphatic carbocycles. The van der Waals surface area contributed by atoms with Crippen LogP contribution in [0.25, 0.3) is 0 Å². The number of hydrogen-bond acceptors (Lipinski definition) is 4. The minimum atomic E-state index is -1.10. The van der Waals surface area contributed by atoms with Crippen molar-refractivity contribution in [2.24, 2.45) is 0 Å². The number of aliphatic carboxylic acids is 1. The molecule has 5 nitrogen and oxygen atoms in total. The van der Waals surface area contributed by atoms with E-state index in [2.05, 4.69) is 5.32 Å². The summed E-state index contributed by atoms with van der Waals surface area (Å²) in [6.45, 7) is 1.58. The molecule has 0 saturated carbocycles. The topological polar surface area (TPSA) is 78.8 Å². The maximum Gasteiger partial charge on any atom is 0.329 e. The number of aliphatic hydroxyl groups is 1. The van der Waals surface area contributed by atoms with E-state index in [0.717, 1.165) is 0 Å². The zero-order valence-electron chi connectivity index (χ0n) is 10.6. The molecule has 0 aromatic heterocycles. The Labute approximate surface area is 106 Å². The number of carboxylic acids is 1. The highest BCUT2D eigenvalue weighted by Gasteiger charge is 2.32. The van der Waals surface area contributed by atoms with Crippen LogP contribution < -0.4 is 10.1 Å². The second-order valence-electron chi connectivity index (χ2n) is 4.32. The molecule has 1 aromatic carbocycles. The molecule has 1 aromatic rings. The number of benzene rings is 1. The van der Waals surface area contributed by atoms with Gasteiger partial charge >= 0.3 is 5.97 Å². The van der Waals surface area contributed by atoms with E-state index in [4.69, 9.17) is 9.84 Å². The van der Waals surface area contributed by atoms with Crippen molar-refractivity contribution in [3.05, 3.63) is 24.3 Å². The Morgan fingerprint density at radius 1 is 1.50 bits per heavy atom. The summed E-state index contributed by atoms with van der Waals surface area (Å²) in [6.07, 6.45) is 0.774. The first-order valence-electron chi connectivity index (χ1n) is 5.78. The van der Waals surface area contributed by atoms with Crippen molar-refractivity contribution in [3.63, 3.8) is 0 Å². The second-order valence-corrected chi connectivity index (χ2v) is 4.32. The van der Waals surface area contributed by atoms with Crippen LogP contribution in [-0.2, 0) is 4.79 Å². The first-order chi connectivity index (χ1) is 8.51. The van der Waals surface area contributed by atoms with Crippen LogP contribution in [0.3, 0.4) is 0 Å². The molecule has 1 rings (SSSR count). The summed E-state index contributed by atoms with van der Waals surface area (Å²) in [5, 5.41) is 21.1. The molecule has 0 spiro atoms. The van der Waals surface area contributed by atoms with Gasteiger partial charge in [-0.05, 0) is 31.9 Å². The van der Waals surface area contributed by atoms with E-state index >= 15 is 0 Å². The number of nitrogens with one attached hydrogen (secondary N) is 1. The summed E-state index contributed by atoms with van der Waals surface area (Å²) in [4.78, 5) is 11.3. The SMILES string of the molecule is COc1cccc(NC(C)(CCCO)C(=O)O)c1. The molecule has 18 heavy (non-hydrogen) atoms. The average Bonchev–Trinajstić information content (AvgIpc) is 2.36. The number of ether oxygens (including phenoxy) is 1. The second kappa shape index (κ2) is 6.26. The maximum atomic E-state index is 11.3. The molecule has 1 unspecified atom stereocenters. The maximum absolute atomic E-state index is 11.3. The van der Waals surface area contributed by atoms with E-state index in [1.807, 2.05) is 0 Å². The van der Waals surface area contributed by atoms with Crippen LogP contribution >= 0.6 is 0 Å². The minimum Gasteiger partial charge on any atom is -0.497 e. The van der Waals surface area contributed by atoms with Crippen LogP contribution in [0.1, 0.15) is 19.8 Å². The van der Waals surface area contributed by atoms with Gasteiger partial charge < -0.3 is 20.3 Å². The molecule has 0 amide bonds. The van der Waals surface area contributed by atoms with Crippen molar-refractivity contribution in [3.8, 4) is 5.75 Å². The molecule has 0 aliphatic heterocycles. The normalized spacial score (nSPS) is 13.7. The summed E-state index contributed by atoms with van der Waals surface area (Å²) in [6, 6.07) is 7.09. The van der Waals surface area contributed by atoms with Gasteiger partial charge in [0.1, 0.15) is 11.3 Å². The quantitative estimate of drug-likeness (QED) is 0.689. The summed E-state index contributed by atoms with van der Waals surface area (Å²) in [5.74, 6) is -0.284. The first kappa shape index (κ1) is 14.3. The van der Waals surface area contributed by atoms with E-state index in [1.165, 1.54) is 0 Å². The van der Waals surface area contributed by atoms with Gasteiger partial charge in [-0.15, -0.1) is 0 Å². The Bertz CT molecular complexity index is 408. The number of methoxy groups -OCH3 is 1. The lowest BCUT2D eigenvalue weighted by Gasteiger charge is -2.27. The van der Waals surface area contributed by atoms with Crippen molar-refractivity contribution in [2.75, 3.05) is 19.0 Å². The van der Waals surface area contributed by atoms with Gasteiger partial charge in [-0.25, -0.2) is 4.79 Å². The highest BCUT2D eigenvalue weighted by molar-refractivity contribution is 5.82. The van der Waals surface area contributed by atoms with Crippen molar-refractivity contribution < 1.29 is 19.7 Å². The van der Waals surface area contributed by atoms with Crippen molar-refractivity contribution in [1.29, 1.82) is 0 Å². The first-order valence-corrected chi connectivity index (χ1v) is 5.78. The van der Waals surface area contributed by atoms with E-state index in [9.17, 15) is 9.90 Å². The lowest BCUT2D eigenvalue weighted by molar-refractivity contribution is -0.142. The summed E-state index contributed by atoms with van der Waals surface area (Å²) in [7, 11) is 1.56. The summed E-state index contributed by atoms with van der Waals surface area (Å²) in [5.41, 5.74) is -0.424. The van der Waals surface area contributed by atoms with Crippen LogP contribution in [0.4, 0.5) is 5.69 Å². The molecule has 0 saturated heterocycles. The minimum absolute atomic E-state index is 0.0251. The predicted molar refractivity (Wildman–Crippen MR) is 69.0 cm³/mol. The molecular weight excluding hydrogens is 234 g/mol. The van der Waals surface area contributed by atoms with Gasteiger partial charge in [-0.3, -0.25) is 0 Å². The fraction of sp³-hybridized carbons (Fsp3) is 0.462. The number of anilines is 1. The van der Waals surface area contributed by atoms with Gasteiger partial charge in [0.2, 0.25) is 0 Å². The molecule has 1 atom stereocenters. The van der Waals surface area contributed by atoms with Crippen LogP contribution in [0.5, 0.6) is 5.75 Å². The van der Waals surface area contributed by atoms with Gasteiger partial charge in [0.05, 0.1) is 7.11 Å². The third-order valence-corrected chi connectivity index (χ3v) is 2.80. The average molecular weight is 253 g/mol. The smallest absolute Gasteiger partial charge is 0.329 e. The highest BCUT2D eigenvalue weighted by atomic mass is 16.5. The molecule has 0 radical (unpaired) electrons. The van der Waals surface area contributed by atoms with Crippen LogP contribution in [0, 0.1) is 0 Å². The molecule has 0 aliphatic rings. The molecule has 100 valence electrons. The fourth-order valence-electron chi connectivity index (χ4n) is 1.67. The summed E-state index contributed by atoms with van der Waals surface area (Å²) < 4.78 is 5.08. The lowest BCUT2D eigenvalue weighted by Crippen LogP contribution is -2.43. The Hall–Kier alpha value is -1.75. The molecule has 0 fully saturated rings. The molecule has 0 heterocycles. The van der Waals surface area contributed by atoms with E-state index in [-0.39, 0.29) is 6.61 Å². The zero-order chi connectivity index (χ0) is 13.6. The molecular formula is C13H19NO4. The predicted octanol–water partition coefficient (Wildman–Crippen LogP) is 1.72. The number of aliphatic hydroxyl groups excluding tert-OH is 1. The summed E-state index contributed by atoms with van der Waals surface area (Å²) >= 11 is 0. The molecule has 5 heteroatoms. The Kier molecular flexibility index (Phi) is 4.97. The van der Waals surface area contributed by atoms with E-state index in [1.54, 1.807) is 38.3 Å². The molecule has 3 N–H and O–H groups in total. The van der Waals surface area contributed by atoms with Gasteiger partial charge in [0, 0.05) is 18.4 Å². The Morgan fingerprint density at radius 2 is 2.22 bits per heavy atom. The van der Waals surface area contributed by atoms with Gasteiger partial charge in [-0.1, -0.05) is 6.07 Å². The van der Waals surface area contributed by atoms with E-state index in [0.29, 0.717) is 24.3 Å². The van der Waals surface area contributed by atoms with Gasteiger partial charge in [0.25, 0.3) is 0 Å². The highest BCUT2D eigenvalue weighted by Crippen LogP contribution is 2.23. The Morgan fingerprint density at radius 3 is 2.78 bits per heavy atom. The van der Waals surface area contributed by atoms with Crippen LogP contribution in [0.2, 0.25) is 0 Å². The lowest BCUT2D eigenvalue weighted by atomic mass is 9.95. The van der Waals surface area contributed by atoms with Crippen molar-refractivity contribution >= 4 is 11.7 Å². The third kappa shape index (κ3) is 3.63. The number of carbonyl (C=O) groups is 1. The van der Waals surface area contributed by atoms with E-state index < -0.39 is 11.5 Å². The van der Waals surface area contributed by atoms with Gasteiger partial charge in [0.15, 0.2) is 0 Å². The van der Waals surface area contributed by atoms with Crippen LogP contribution in [0.15, 0.2) is 24.3 Å². The van der Waals surface area contributed by atoms with Crippen molar-refractivity contribution in [1.82, 2.24) is 0 Å². The monoisotopic (exact) mass is 253 g/mol. The zero-order valence-corrected chi connectivity index (χ0v) is 10.6. The Balaban J connectivity index is 2.85. The number of carboxylic acid groups (broad SMARTS) is 1. The molecule has 0 bridgehead atoms. The largest absolute Gasteiger partial charge is 0.497 e. The fourth-order valence-corrected chi connectivity index (χ4v) is 1.67. The van der Waals surface area contributed by atoms with Crippen LogP contribution in [-0.4, -0.2) is 35.4 Å². The third-order valence-electron chi connectivity index (χ3n) is 2.80. The van der Waals surface area contributed by atoms with Crippen molar-refractivity contribution in [2.45, 2.75) is 25.3 Å². The van der Waals surface area contributed by atoms with Gasteiger partial charge in [-0.2, -0.15) is 0 Å². The standard InChI is InChI=1S/C13H19NO4/c1-13(12(16)17,7-4-8-15)14-10-5-3-6-11(9-10)18-2/h3,5-6,9,14-15H,4,7-8H2,1-2H3,(H,16,17). The number of rotatable bonds is 7.